The molecule has 5 nitrogen and oxygen atoms in total. The number of hydrogen-bond donors (Lipinski definition) is 2. The summed E-state index contributed by atoms with van der Waals surface area (Å²) in [5.74, 6) is -1.20. The number of aryl methyl sites for hydroxylation is 1. The molecule has 0 spiro atoms. The Balaban J connectivity index is 1.63. The molecule has 0 aliphatic heterocycles. The van der Waals surface area contributed by atoms with Gasteiger partial charge in [-0.15, -0.1) is 11.3 Å². The van der Waals surface area contributed by atoms with Gasteiger partial charge >= 0.3 is 5.97 Å². The number of carboxylic acids is 1. The summed E-state index contributed by atoms with van der Waals surface area (Å²) in [4.78, 5) is 21.1. The number of fused-ring (bicyclic) bond motifs is 1. The lowest BCUT2D eigenvalue weighted by Crippen LogP contribution is -2.17. The van der Waals surface area contributed by atoms with Crippen LogP contribution in [0.3, 0.4) is 0 Å². The summed E-state index contributed by atoms with van der Waals surface area (Å²) in [6.45, 7) is 0.751. The number of aromatic nitrogens is 2. The van der Waals surface area contributed by atoms with Crippen LogP contribution in [-0.4, -0.2) is 27.6 Å². The molecule has 1 unspecified atom stereocenters. The van der Waals surface area contributed by atoms with Crippen molar-refractivity contribution in [3.63, 3.8) is 0 Å². The third-order valence-corrected chi connectivity index (χ3v) is 4.72. The molecule has 0 aromatic carbocycles. The van der Waals surface area contributed by atoms with Crippen LogP contribution in [0.1, 0.15) is 35.0 Å². The third-order valence-electron chi connectivity index (χ3n) is 3.64. The lowest BCUT2D eigenvalue weighted by atomic mass is 9.91. The Kier molecular flexibility index (Phi) is 4.15. The molecule has 6 heteroatoms. The molecule has 0 saturated heterocycles. The van der Waals surface area contributed by atoms with Crippen molar-refractivity contribution in [1.29, 1.82) is 0 Å². The highest BCUT2D eigenvalue weighted by Crippen LogP contribution is 2.36. The predicted molar refractivity (Wildman–Crippen MR) is 81.9 cm³/mol. The van der Waals surface area contributed by atoms with Crippen LogP contribution in [0.5, 0.6) is 0 Å². The summed E-state index contributed by atoms with van der Waals surface area (Å²) in [5.41, 5.74) is 1.80. The van der Waals surface area contributed by atoms with Crippen molar-refractivity contribution >= 4 is 22.4 Å². The van der Waals surface area contributed by atoms with Gasteiger partial charge in [0.25, 0.3) is 0 Å². The minimum atomic E-state index is -0.763. The highest BCUT2D eigenvalue weighted by molar-refractivity contribution is 7.15. The molecule has 0 bridgehead atoms. The molecule has 2 N–H and O–H groups in total. The van der Waals surface area contributed by atoms with E-state index in [4.69, 9.17) is 0 Å². The van der Waals surface area contributed by atoms with Gasteiger partial charge in [0.05, 0.1) is 5.69 Å². The van der Waals surface area contributed by atoms with Crippen LogP contribution in [0, 0.1) is 0 Å². The van der Waals surface area contributed by atoms with Crippen molar-refractivity contribution in [2.45, 2.75) is 31.6 Å². The second-order valence-corrected chi connectivity index (χ2v) is 6.19. The summed E-state index contributed by atoms with van der Waals surface area (Å²) in [5, 5.41) is 13.4. The number of nitrogens with zero attached hydrogens (tertiary/aromatic N) is 2. The van der Waals surface area contributed by atoms with E-state index in [0.717, 1.165) is 47.2 Å². The van der Waals surface area contributed by atoms with Gasteiger partial charge in [0.2, 0.25) is 0 Å². The first-order valence-corrected chi connectivity index (χ1v) is 7.92. The number of anilines is 1. The van der Waals surface area contributed by atoms with Crippen LogP contribution in [0.4, 0.5) is 5.13 Å². The molecular formula is C15H17N3O2S. The number of carbonyl (C=O) groups is 1. The van der Waals surface area contributed by atoms with Crippen molar-refractivity contribution in [2.24, 2.45) is 0 Å². The predicted octanol–water partition coefficient (Wildman–Crippen LogP) is 2.70. The van der Waals surface area contributed by atoms with Gasteiger partial charge in [-0.3, -0.25) is 9.78 Å². The van der Waals surface area contributed by atoms with Crippen molar-refractivity contribution in [1.82, 2.24) is 9.97 Å². The van der Waals surface area contributed by atoms with E-state index in [-0.39, 0.29) is 0 Å². The average molecular weight is 303 g/mol. The zero-order valence-corrected chi connectivity index (χ0v) is 12.4. The van der Waals surface area contributed by atoms with Crippen LogP contribution >= 0.6 is 11.3 Å². The van der Waals surface area contributed by atoms with Crippen molar-refractivity contribution in [2.75, 3.05) is 11.9 Å². The summed E-state index contributed by atoms with van der Waals surface area (Å²) >= 11 is 1.59. The van der Waals surface area contributed by atoms with E-state index in [0.29, 0.717) is 6.42 Å². The molecule has 0 fully saturated rings. The Morgan fingerprint density at radius 2 is 2.38 bits per heavy atom. The van der Waals surface area contributed by atoms with Crippen LogP contribution in [0.25, 0.3) is 0 Å². The molecule has 1 aliphatic carbocycles. The standard InChI is InChI=1S/C15H17N3O2S/c19-14(20)11-5-3-6-12-13(11)18-15(21-12)17-9-7-10-4-1-2-8-16-10/h1-2,4,8,11H,3,5-7,9H2,(H,17,18)(H,19,20). The zero-order chi connectivity index (χ0) is 14.7. The second kappa shape index (κ2) is 6.22. The maximum atomic E-state index is 11.3. The first kappa shape index (κ1) is 14.0. The van der Waals surface area contributed by atoms with Crippen molar-refractivity contribution in [3.05, 3.63) is 40.7 Å². The Bertz CT molecular complexity index is 627. The Morgan fingerprint density at radius 1 is 1.48 bits per heavy atom. The fourth-order valence-electron chi connectivity index (χ4n) is 2.58. The zero-order valence-electron chi connectivity index (χ0n) is 11.6. The quantitative estimate of drug-likeness (QED) is 0.888. The van der Waals surface area contributed by atoms with Crippen LogP contribution in [0.2, 0.25) is 0 Å². The molecule has 1 atom stereocenters. The Morgan fingerprint density at radius 3 is 3.14 bits per heavy atom. The van der Waals surface area contributed by atoms with Crippen LogP contribution < -0.4 is 5.32 Å². The van der Waals surface area contributed by atoms with E-state index in [1.54, 1.807) is 17.5 Å². The number of hydrogen-bond acceptors (Lipinski definition) is 5. The SMILES string of the molecule is O=C(O)C1CCCc2sc(NCCc3ccccn3)nc21. The normalized spacial score (nSPS) is 17.2. The first-order chi connectivity index (χ1) is 10.2. The van der Waals surface area contributed by atoms with Gasteiger partial charge in [0.1, 0.15) is 5.92 Å². The third kappa shape index (κ3) is 3.21. The fraction of sp³-hybridized carbons (Fsp3) is 0.400. The molecule has 2 aromatic heterocycles. The Hall–Kier alpha value is -1.95. The van der Waals surface area contributed by atoms with Crippen LogP contribution in [0.15, 0.2) is 24.4 Å². The van der Waals surface area contributed by atoms with Gasteiger partial charge in [0, 0.05) is 29.7 Å². The van der Waals surface area contributed by atoms with E-state index >= 15 is 0 Å². The molecule has 110 valence electrons. The van der Waals surface area contributed by atoms with E-state index in [2.05, 4.69) is 15.3 Å². The summed E-state index contributed by atoms with van der Waals surface area (Å²) < 4.78 is 0. The highest BCUT2D eigenvalue weighted by Gasteiger charge is 2.29. The maximum Gasteiger partial charge on any atom is 0.312 e. The van der Waals surface area contributed by atoms with E-state index in [1.807, 2.05) is 18.2 Å². The molecule has 0 saturated carbocycles. The number of pyridine rings is 1. The summed E-state index contributed by atoms with van der Waals surface area (Å²) in [6.07, 6.45) is 5.18. The fourth-order valence-corrected chi connectivity index (χ4v) is 3.67. The Labute approximate surface area is 127 Å². The molecule has 1 aliphatic rings. The number of carboxylic acid groups (broad SMARTS) is 1. The summed E-state index contributed by atoms with van der Waals surface area (Å²) in [7, 11) is 0. The molecular weight excluding hydrogens is 286 g/mol. The summed E-state index contributed by atoms with van der Waals surface area (Å²) in [6, 6.07) is 5.87. The van der Waals surface area contributed by atoms with E-state index in [9.17, 15) is 9.90 Å². The highest BCUT2D eigenvalue weighted by atomic mass is 32.1. The van der Waals surface area contributed by atoms with Gasteiger partial charge in [0.15, 0.2) is 5.13 Å². The molecule has 3 rings (SSSR count). The monoisotopic (exact) mass is 303 g/mol. The number of nitrogens with one attached hydrogen (secondary N) is 1. The largest absolute Gasteiger partial charge is 0.481 e. The van der Waals surface area contributed by atoms with Crippen LogP contribution in [-0.2, 0) is 17.6 Å². The second-order valence-electron chi connectivity index (χ2n) is 5.11. The number of aliphatic carboxylic acids is 1. The van der Waals surface area contributed by atoms with E-state index < -0.39 is 11.9 Å². The molecule has 2 aromatic rings. The van der Waals surface area contributed by atoms with Gasteiger partial charge in [-0.25, -0.2) is 4.98 Å². The molecule has 0 radical (unpaired) electrons. The minimum Gasteiger partial charge on any atom is -0.481 e. The van der Waals surface area contributed by atoms with Crippen molar-refractivity contribution < 1.29 is 9.90 Å². The number of rotatable bonds is 5. The van der Waals surface area contributed by atoms with Gasteiger partial charge in [-0.05, 0) is 31.4 Å². The molecule has 0 amide bonds. The number of thiazole rings is 1. The first-order valence-electron chi connectivity index (χ1n) is 7.10. The smallest absolute Gasteiger partial charge is 0.312 e. The van der Waals surface area contributed by atoms with Gasteiger partial charge in [-0.2, -0.15) is 0 Å². The molecule has 21 heavy (non-hydrogen) atoms. The topological polar surface area (TPSA) is 75.1 Å². The molecule has 2 heterocycles. The minimum absolute atomic E-state index is 0.434. The van der Waals surface area contributed by atoms with Gasteiger partial charge in [-0.1, -0.05) is 6.07 Å². The van der Waals surface area contributed by atoms with E-state index in [1.165, 1.54) is 0 Å². The lowest BCUT2D eigenvalue weighted by molar-refractivity contribution is -0.139. The lowest BCUT2D eigenvalue weighted by Gasteiger charge is -2.16. The van der Waals surface area contributed by atoms with Gasteiger partial charge < -0.3 is 10.4 Å². The average Bonchev–Trinajstić information content (AvgIpc) is 2.90. The van der Waals surface area contributed by atoms with Crippen molar-refractivity contribution in [3.8, 4) is 0 Å². The maximum absolute atomic E-state index is 11.3.